The van der Waals surface area contributed by atoms with Crippen LogP contribution in [0.25, 0.3) is 0 Å². The molecule has 2 atom stereocenters. The van der Waals surface area contributed by atoms with E-state index in [4.69, 9.17) is 4.74 Å². The van der Waals surface area contributed by atoms with Gasteiger partial charge in [-0.25, -0.2) is 0 Å². The Labute approximate surface area is 116 Å². The maximum atomic E-state index is 11.7. The van der Waals surface area contributed by atoms with E-state index in [9.17, 15) is 4.79 Å². The third-order valence-corrected chi connectivity index (χ3v) is 3.29. The second kappa shape index (κ2) is 7.82. The van der Waals surface area contributed by atoms with Crippen molar-refractivity contribution in [2.24, 2.45) is 0 Å². The molecule has 1 rings (SSSR count). The van der Waals surface area contributed by atoms with Crippen molar-refractivity contribution < 1.29 is 9.53 Å². The van der Waals surface area contributed by atoms with Crippen molar-refractivity contribution in [2.75, 3.05) is 6.54 Å². The average Bonchev–Trinajstić information content (AvgIpc) is 2.44. The van der Waals surface area contributed by atoms with Crippen LogP contribution in [0.2, 0.25) is 0 Å². The van der Waals surface area contributed by atoms with E-state index in [1.807, 2.05) is 19.1 Å². The molecule has 0 saturated carbocycles. The van der Waals surface area contributed by atoms with Crippen LogP contribution in [0, 0.1) is 0 Å². The molecule has 0 radical (unpaired) electrons. The van der Waals surface area contributed by atoms with Gasteiger partial charge in [-0.3, -0.25) is 4.79 Å². The lowest BCUT2D eigenvalue weighted by atomic mass is 9.99. The molecule has 0 aliphatic rings. The fourth-order valence-corrected chi connectivity index (χ4v) is 1.76. The summed E-state index contributed by atoms with van der Waals surface area (Å²) in [6.45, 7) is 8.87. The summed E-state index contributed by atoms with van der Waals surface area (Å²) < 4.78 is 5.63. The zero-order chi connectivity index (χ0) is 14.3. The molecule has 0 aromatic heterocycles. The summed E-state index contributed by atoms with van der Waals surface area (Å²) >= 11 is 0. The lowest BCUT2D eigenvalue weighted by molar-refractivity contribution is -0.127. The molecule has 19 heavy (non-hydrogen) atoms. The van der Waals surface area contributed by atoms with Gasteiger partial charge in [0.25, 0.3) is 5.91 Å². The normalized spacial score (nSPS) is 13.7. The van der Waals surface area contributed by atoms with Crippen molar-refractivity contribution in [1.29, 1.82) is 0 Å². The molecule has 0 aliphatic heterocycles. The second-order valence-electron chi connectivity index (χ2n) is 4.93. The standard InChI is InChI=1S/C16H25NO2/c1-5-11-17-16(18)13(4)19-15-9-7-14(8-10-15)12(3)6-2/h7-10,12-13H,5-6,11H2,1-4H3,(H,17,18). The Morgan fingerprint density at radius 2 is 1.84 bits per heavy atom. The highest BCUT2D eigenvalue weighted by Crippen LogP contribution is 2.22. The minimum atomic E-state index is -0.457. The molecule has 1 aromatic rings. The molecule has 2 unspecified atom stereocenters. The van der Waals surface area contributed by atoms with Gasteiger partial charge in [-0.05, 0) is 43.4 Å². The van der Waals surface area contributed by atoms with E-state index in [1.165, 1.54) is 5.56 Å². The second-order valence-corrected chi connectivity index (χ2v) is 4.93. The number of benzene rings is 1. The molecule has 0 fully saturated rings. The molecule has 0 heterocycles. The van der Waals surface area contributed by atoms with Gasteiger partial charge in [-0.1, -0.05) is 32.9 Å². The summed E-state index contributed by atoms with van der Waals surface area (Å²) in [7, 11) is 0. The Balaban J connectivity index is 2.55. The summed E-state index contributed by atoms with van der Waals surface area (Å²) in [6.07, 6.45) is 1.60. The van der Waals surface area contributed by atoms with Gasteiger partial charge in [0.2, 0.25) is 0 Å². The number of carbonyl (C=O) groups excluding carboxylic acids is 1. The third-order valence-electron chi connectivity index (χ3n) is 3.29. The summed E-state index contributed by atoms with van der Waals surface area (Å²) in [5.41, 5.74) is 1.30. The fraction of sp³-hybridized carbons (Fsp3) is 0.562. The van der Waals surface area contributed by atoms with Crippen LogP contribution >= 0.6 is 0 Å². The topological polar surface area (TPSA) is 38.3 Å². The summed E-state index contributed by atoms with van der Waals surface area (Å²) in [5.74, 6) is 1.23. The highest BCUT2D eigenvalue weighted by atomic mass is 16.5. The number of ether oxygens (including phenoxy) is 1. The Kier molecular flexibility index (Phi) is 6.40. The third kappa shape index (κ3) is 4.93. The molecule has 3 heteroatoms. The van der Waals surface area contributed by atoms with E-state index >= 15 is 0 Å². The van der Waals surface area contributed by atoms with Crippen molar-refractivity contribution in [1.82, 2.24) is 5.32 Å². The van der Waals surface area contributed by atoms with E-state index in [1.54, 1.807) is 6.92 Å². The number of rotatable bonds is 7. The number of hydrogen-bond donors (Lipinski definition) is 1. The van der Waals surface area contributed by atoms with Crippen molar-refractivity contribution in [3.05, 3.63) is 29.8 Å². The van der Waals surface area contributed by atoms with Crippen LogP contribution < -0.4 is 10.1 Å². The number of hydrogen-bond acceptors (Lipinski definition) is 2. The zero-order valence-corrected chi connectivity index (χ0v) is 12.4. The molecule has 1 amide bonds. The smallest absolute Gasteiger partial charge is 0.260 e. The highest BCUT2D eigenvalue weighted by Gasteiger charge is 2.13. The fourth-order valence-electron chi connectivity index (χ4n) is 1.76. The zero-order valence-electron chi connectivity index (χ0n) is 12.4. The molecule has 0 aliphatic carbocycles. The van der Waals surface area contributed by atoms with E-state index in [-0.39, 0.29) is 5.91 Å². The Bertz CT molecular complexity index is 386. The molecule has 0 saturated heterocycles. The van der Waals surface area contributed by atoms with Crippen molar-refractivity contribution in [2.45, 2.75) is 52.6 Å². The van der Waals surface area contributed by atoms with Gasteiger partial charge in [0.15, 0.2) is 6.10 Å². The minimum absolute atomic E-state index is 0.0622. The predicted molar refractivity (Wildman–Crippen MR) is 78.5 cm³/mol. The molecule has 106 valence electrons. The summed E-state index contributed by atoms with van der Waals surface area (Å²) in [4.78, 5) is 11.7. The van der Waals surface area contributed by atoms with Gasteiger partial charge in [0, 0.05) is 6.54 Å². The minimum Gasteiger partial charge on any atom is -0.481 e. The monoisotopic (exact) mass is 263 g/mol. The Hall–Kier alpha value is -1.51. The van der Waals surface area contributed by atoms with Crippen LogP contribution in [0.15, 0.2) is 24.3 Å². The van der Waals surface area contributed by atoms with Gasteiger partial charge in [-0.2, -0.15) is 0 Å². The molecule has 0 bridgehead atoms. The molecule has 0 spiro atoms. The van der Waals surface area contributed by atoms with Gasteiger partial charge in [0.1, 0.15) is 5.75 Å². The van der Waals surface area contributed by atoms with Crippen LogP contribution in [-0.2, 0) is 4.79 Å². The molecular weight excluding hydrogens is 238 g/mol. The van der Waals surface area contributed by atoms with Gasteiger partial charge in [0.05, 0.1) is 0 Å². The quantitative estimate of drug-likeness (QED) is 0.817. The first-order chi connectivity index (χ1) is 9.08. The predicted octanol–water partition coefficient (Wildman–Crippen LogP) is 3.49. The summed E-state index contributed by atoms with van der Waals surface area (Å²) in [5, 5.41) is 2.83. The average molecular weight is 263 g/mol. The lowest BCUT2D eigenvalue weighted by Gasteiger charge is -2.15. The first kappa shape index (κ1) is 15.5. The highest BCUT2D eigenvalue weighted by molar-refractivity contribution is 5.80. The maximum absolute atomic E-state index is 11.7. The Morgan fingerprint density at radius 3 is 2.37 bits per heavy atom. The first-order valence-electron chi connectivity index (χ1n) is 7.12. The van der Waals surface area contributed by atoms with E-state index in [2.05, 4.69) is 31.3 Å². The summed E-state index contributed by atoms with van der Waals surface area (Å²) in [6, 6.07) is 8.01. The number of nitrogens with one attached hydrogen (secondary N) is 1. The Morgan fingerprint density at radius 1 is 1.21 bits per heavy atom. The van der Waals surface area contributed by atoms with Crippen LogP contribution in [0.5, 0.6) is 5.75 Å². The van der Waals surface area contributed by atoms with Crippen LogP contribution in [0.3, 0.4) is 0 Å². The number of carbonyl (C=O) groups is 1. The van der Waals surface area contributed by atoms with E-state index in [0.717, 1.165) is 18.6 Å². The number of amides is 1. The first-order valence-corrected chi connectivity index (χ1v) is 7.12. The van der Waals surface area contributed by atoms with Crippen molar-refractivity contribution in [3.63, 3.8) is 0 Å². The molecule has 1 aromatic carbocycles. The van der Waals surface area contributed by atoms with Crippen LogP contribution in [0.1, 0.15) is 52.0 Å². The SMILES string of the molecule is CCCNC(=O)C(C)Oc1ccc(C(C)CC)cc1. The van der Waals surface area contributed by atoms with Crippen molar-refractivity contribution in [3.8, 4) is 5.75 Å². The van der Waals surface area contributed by atoms with Crippen LogP contribution in [0.4, 0.5) is 0 Å². The molecule has 3 nitrogen and oxygen atoms in total. The van der Waals surface area contributed by atoms with Crippen molar-refractivity contribution >= 4 is 5.91 Å². The maximum Gasteiger partial charge on any atom is 0.260 e. The van der Waals surface area contributed by atoms with Gasteiger partial charge in [-0.15, -0.1) is 0 Å². The van der Waals surface area contributed by atoms with E-state index < -0.39 is 6.10 Å². The molecule has 1 N–H and O–H groups in total. The largest absolute Gasteiger partial charge is 0.481 e. The van der Waals surface area contributed by atoms with Crippen LogP contribution in [-0.4, -0.2) is 18.6 Å². The molecular formula is C16H25NO2. The van der Waals surface area contributed by atoms with E-state index in [0.29, 0.717) is 12.5 Å². The van der Waals surface area contributed by atoms with Gasteiger partial charge >= 0.3 is 0 Å². The van der Waals surface area contributed by atoms with Gasteiger partial charge < -0.3 is 10.1 Å². The lowest BCUT2D eigenvalue weighted by Crippen LogP contribution is -2.36.